The summed E-state index contributed by atoms with van der Waals surface area (Å²) in [6.07, 6.45) is 24.7. The first-order chi connectivity index (χ1) is 37.5. The van der Waals surface area contributed by atoms with Crippen molar-refractivity contribution >= 4 is 23.9 Å². The van der Waals surface area contributed by atoms with Crippen LogP contribution in [0.25, 0.3) is 11.1 Å². The van der Waals surface area contributed by atoms with Gasteiger partial charge in [0, 0.05) is 17.2 Å². The highest BCUT2D eigenvalue weighted by atomic mass is 19.1. The number of carbonyl (C=O) groups excluding carboxylic acids is 4. The first kappa shape index (κ1) is 58.8. The van der Waals surface area contributed by atoms with Gasteiger partial charge in [-0.3, -0.25) is 0 Å². The number of unbranched alkanes of at least 4 members (excludes halogenated alkanes) is 18. The Hall–Kier alpha value is -7.41. The third-order valence-electron chi connectivity index (χ3n) is 13.0. The monoisotopic (exact) mass is 1060 g/mol. The number of halogens is 3. The van der Waals surface area contributed by atoms with E-state index < -0.39 is 52.6 Å². The fraction of sp³-hybridized carbons (Fsp3) is 0.375. The van der Waals surface area contributed by atoms with Crippen LogP contribution in [-0.2, 0) is 0 Å². The summed E-state index contributed by atoms with van der Waals surface area (Å²) >= 11 is 0. The molecule has 0 saturated carbocycles. The van der Waals surface area contributed by atoms with Crippen LogP contribution in [-0.4, -0.2) is 37.1 Å². The van der Waals surface area contributed by atoms with E-state index in [9.17, 15) is 23.6 Å². The summed E-state index contributed by atoms with van der Waals surface area (Å²) in [6.45, 7) is 5.64. The van der Waals surface area contributed by atoms with Crippen molar-refractivity contribution in [2.24, 2.45) is 0 Å². The summed E-state index contributed by atoms with van der Waals surface area (Å²) in [7, 11) is 0. The van der Waals surface area contributed by atoms with Gasteiger partial charge in [0.25, 0.3) is 0 Å². The number of hydrogen-bond acceptors (Lipinski definition) is 10. The van der Waals surface area contributed by atoms with E-state index in [1.54, 1.807) is 48.5 Å². The molecule has 0 radical (unpaired) electrons. The van der Waals surface area contributed by atoms with Crippen molar-refractivity contribution in [2.75, 3.05) is 13.2 Å². The Labute approximate surface area is 451 Å². The van der Waals surface area contributed by atoms with Crippen LogP contribution in [0.3, 0.4) is 0 Å². The van der Waals surface area contributed by atoms with Crippen LogP contribution in [0.5, 0.6) is 34.5 Å². The van der Waals surface area contributed by atoms with E-state index in [0.717, 1.165) is 49.9 Å². The number of rotatable bonds is 33. The molecule has 408 valence electrons. The average Bonchev–Trinajstić information content (AvgIpc) is 3.45. The second-order valence-corrected chi connectivity index (χ2v) is 19.1. The van der Waals surface area contributed by atoms with Crippen LogP contribution in [0.4, 0.5) is 13.2 Å². The lowest BCUT2D eigenvalue weighted by Gasteiger charge is -2.12. The average molecular weight is 1060 g/mol. The Bertz CT molecular complexity index is 2780. The minimum atomic E-state index is -1.36. The van der Waals surface area contributed by atoms with Gasteiger partial charge in [-0.15, -0.1) is 0 Å². The molecule has 10 nitrogen and oxygen atoms in total. The lowest BCUT2D eigenvalue weighted by Crippen LogP contribution is -2.12. The summed E-state index contributed by atoms with van der Waals surface area (Å²) < 4.78 is 79.4. The maximum Gasteiger partial charge on any atom is 0.343 e. The van der Waals surface area contributed by atoms with E-state index in [0.29, 0.717) is 30.3 Å². The fourth-order valence-corrected chi connectivity index (χ4v) is 8.51. The first-order valence-corrected chi connectivity index (χ1v) is 27.4. The molecule has 13 heteroatoms. The van der Waals surface area contributed by atoms with Crippen molar-refractivity contribution in [3.8, 4) is 45.6 Å². The molecule has 0 atom stereocenters. The van der Waals surface area contributed by atoms with Crippen molar-refractivity contribution in [3.63, 3.8) is 0 Å². The molecule has 6 aromatic carbocycles. The van der Waals surface area contributed by atoms with E-state index in [4.69, 9.17) is 28.4 Å². The molecule has 0 N–H and O–H groups in total. The highest BCUT2D eigenvalue weighted by Crippen LogP contribution is 2.35. The highest BCUT2D eigenvalue weighted by Gasteiger charge is 2.23. The third kappa shape index (κ3) is 19.6. The third-order valence-corrected chi connectivity index (χ3v) is 13.0. The van der Waals surface area contributed by atoms with E-state index in [-0.39, 0.29) is 39.5 Å². The van der Waals surface area contributed by atoms with Crippen molar-refractivity contribution in [3.05, 3.63) is 167 Å². The molecular weight excluding hydrogens is 986 g/mol. The summed E-state index contributed by atoms with van der Waals surface area (Å²) in [5, 5.41) is 0. The van der Waals surface area contributed by atoms with Crippen molar-refractivity contribution in [2.45, 2.75) is 142 Å². The highest BCUT2D eigenvalue weighted by molar-refractivity contribution is 5.94. The number of benzene rings is 6. The summed E-state index contributed by atoms with van der Waals surface area (Å²) in [5.74, 6) is -6.57. The Morgan fingerprint density at radius 2 is 0.636 bits per heavy atom. The Balaban J connectivity index is 0.922. The molecule has 0 aliphatic rings. The Kier molecular flexibility index (Phi) is 24.6. The molecule has 6 rings (SSSR count). The predicted octanol–water partition coefficient (Wildman–Crippen LogP) is 17.2. The van der Waals surface area contributed by atoms with Gasteiger partial charge in [0.15, 0.2) is 11.6 Å². The molecule has 77 heavy (non-hydrogen) atoms. The van der Waals surface area contributed by atoms with E-state index in [1.807, 2.05) is 0 Å². The van der Waals surface area contributed by atoms with Gasteiger partial charge in [-0.1, -0.05) is 129 Å². The van der Waals surface area contributed by atoms with Gasteiger partial charge in [-0.2, -0.15) is 0 Å². The van der Waals surface area contributed by atoms with Gasteiger partial charge in [-0.25, -0.2) is 32.3 Å². The van der Waals surface area contributed by atoms with Crippen LogP contribution in [0.1, 0.15) is 184 Å². The smallest absolute Gasteiger partial charge is 0.343 e. The number of ether oxygens (including phenoxy) is 6. The van der Waals surface area contributed by atoms with Crippen LogP contribution >= 0.6 is 0 Å². The topological polar surface area (TPSA) is 124 Å². The van der Waals surface area contributed by atoms with Crippen LogP contribution in [0.2, 0.25) is 0 Å². The van der Waals surface area contributed by atoms with Crippen molar-refractivity contribution < 1.29 is 60.8 Å². The standard InChI is InChI=1S/C64H71F3O10/c1-3-5-7-9-11-13-15-17-19-21-43-72-50-31-23-46(24-32-50)61(68)74-52-35-27-48(28-36-52)63(70)76-54-39-40-55(58(66)45-54)56-41-42-57(65)60(59(56)67)77-64(71)49-29-37-53(38-30-49)75-62(69)47-25-33-51(34-26-47)73-44-22-20-18-16-14-12-10-8-6-4-2/h23-42,45H,3-22,43-44H2,1-2H3. The molecule has 0 aliphatic heterocycles. The largest absolute Gasteiger partial charge is 0.494 e. The predicted molar refractivity (Wildman–Crippen MR) is 292 cm³/mol. The molecular formula is C64H71F3O10. The molecule has 0 amide bonds. The van der Waals surface area contributed by atoms with Gasteiger partial charge < -0.3 is 28.4 Å². The quantitative estimate of drug-likeness (QED) is 0.0224. The molecule has 0 unspecified atom stereocenters. The molecule has 0 fully saturated rings. The zero-order valence-corrected chi connectivity index (χ0v) is 44.4. The molecule has 0 spiro atoms. The number of carbonyl (C=O) groups is 4. The number of esters is 4. The van der Waals surface area contributed by atoms with E-state index in [1.165, 1.54) is 157 Å². The van der Waals surface area contributed by atoms with Crippen molar-refractivity contribution in [1.29, 1.82) is 0 Å². The lowest BCUT2D eigenvalue weighted by atomic mass is 10.0. The summed E-state index contributed by atoms with van der Waals surface area (Å²) in [5.41, 5.74) is -0.243. The van der Waals surface area contributed by atoms with Gasteiger partial charge in [0.2, 0.25) is 5.75 Å². The second-order valence-electron chi connectivity index (χ2n) is 19.1. The van der Waals surface area contributed by atoms with Gasteiger partial charge in [0.1, 0.15) is 34.6 Å². The SMILES string of the molecule is CCCCCCCCCCCCOc1ccc(C(=O)Oc2ccc(C(=O)Oc3ccc(-c4ccc(F)c(OC(=O)c5ccc(OC(=O)c6ccc(OCCCCCCCCCCCC)cc6)cc5)c4F)c(F)c3)cc2)cc1. The molecule has 0 bridgehead atoms. The first-order valence-electron chi connectivity index (χ1n) is 27.4. The van der Waals surface area contributed by atoms with E-state index >= 15 is 8.78 Å². The maximum absolute atomic E-state index is 15.8. The summed E-state index contributed by atoms with van der Waals surface area (Å²) in [6, 6.07) is 29.0. The van der Waals surface area contributed by atoms with E-state index in [2.05, 4.69) is 13.8 Å². The summed E-state index contributed by atoms with van der Waals surface area (Å²) in [4.78, 5) is 51.7. The van der Waals surface area contributed by atoms with Crippen LogP contribution < -0.4 is 28.4 Å². The second kappa shape index (κ2) is 32.2. The van der Waals surface area contributed by atoms with Crippen molar-refractivity contribution in [1.82, 2.24) is 0 Å². The maximum atomic E-state index is 15.8. The molecule has 0 aromatic heterocycles. The van der Waals surface area contributed by atoms with Gasteiger partial charge >= 0.3 is 23.9 Å². The molecule has 0 heterocycles. The Morgan fingerprint density at radius 1 is 0.325 bits per heavy atom. The molecule has 0 aliphatic carbocycles. The molecule has 6 aromatic rings. The minimum Gasteiger partial charge on any atom is -0.494 e. The number of hydrogen-bond donors (Lipinski definition) is 0. The zero-order valence-electron chi connectivity index (χ0n) is 44.4. The fourth-order valence-electron chi connectivity index (χ4n) is 8.51. The normalized spacial score (nSPS) is 11.0. The van der Waals surface area contributed by atoms with Crippen LogP contribution in [0.15, 0.2) is 127 Å². The minimum absolute atomic E-state index is 0.0613. The Morgan fingerprint density at radius 3 is 1.01 bits per heavy atom. The van der Waals surface area contributed by atoms with Gasteiger partial charge in [-0.05, 0) is 134 Å². The van der Waals surface area contributed by atoms with Gasteiger partial charge in [0.05, 0.1) is 35.5 Å². The van der Waals surface area contributed by atoms with Crippen LogP contribution in [0, 0.1) is 17.5 Å². The lowest BCUT2D eigenvalue weighted by molar-refractivity contribution is 0.0713. The zero-order chi connectivity index (χ0) is 54.6. The molecule has 0 saturated heterocycles.